The molecule has 53 heavy (non-hydrogen) atoms. The van der Waals surface area contributed by atoms with Crippen LogP contribution in [0.2, 0.25) is 0 Å². The van der Waals surface area contributed by atoms with E-state index in [0.29, 0.717) is 38.1 Å². The Hall–Kier alpha value is -4.86. The predicted octanol–water partition coefficient (Wildman–Crippen LogP) is 6.32. The maximum absolute atomic E-state index is 14.2. The Balaban J connectivity index is 1.70. The SMILES string of the molecule is CCC(C)(C)C(=O)O[C@@H](C[C@H](Cc1ccccc1)NC(=O)[C@H](C(C)C)N1CCCNC1=O)[C@H](Cc1ccccc1)NC(=O)COc1c(C)cccc1C. The number of hydrogen-bond donors (Lipinski definition) is 3. The Bertz CT molecular complexity index is 1640. The number of urea groups is 1. The number of aryl methyl sites for hydroxylation is 2. The Morgan fingerprint density at radius 2 is 1.47 bits per heavy atom. The van der Waals surface area contributed by atoms with Crippen molar-refractivity contribution in [1.29, 1.82) is 0 Å². The van der Waals surface area contributed by atoms with E-state index in [1.54, 1.807) is 4.90 Å². The summed E-state index contributed by atoms with van der Waals surface area (Å²) in [5.41, 5.74) is 3.00. The van der Waals surface area contributed by atoms with Gasteiger partial charge in [-0.3, -0.25) is 14.4 Å². The first-order chi connectivity index (χ1) is 25.3. The van der Waals surface area contributed by atoms with Gasteiger partial charge in [0, 0.05) is 25.6 Å². The summed E-state index contributed by atoms with van der Waals surface area (Å²) in [6.45, 7) is 14.2. The van der Waals surface area contributed by atoms with Gasteiger partial charge in [-0.1, -0.05) is 99.6 Å². The third-order valence-electron chi connectivity index (χ3n) is 10.1. The van der Waals surface area contributed by atoms with E-state index in [1.165, 1.54) is 0 Å². The van der Waals surface area contributed by atoms with Crippen molar-refractivity contribution in [3.63, 3.8) is 0 Å². The molecule has 4 atom stereocenters. The monoisotopic (exact) mass is 726 g/mol. The number of ether oxygens (including phenoxy) is 2. The van der Waals surface area contributed by atoms with Gasteiger partial charge < -0.3 is 30.3 Å². The first-order valence-electron chi connectivity index (χ1n) is 18.9. The number of rotatable bonds is 18. The third kappa shape index (κ3) is 11.8. The van der Waals surface area contributed by atoms with Crippen molar-refractivity contribution >= 4 is 23.8 Å². The molecule has 0 aromatic heterocycles. The number of benzene rings is 3. The molecule has 1 heterocycles. The summed E-state index contributed by atoms with van der Waals surface area (Å²) < 4.78 is 12.4. The fraction of sp³-hybridized carbons (Fsp3) is 0.488. The van der Waals surface area contributed by atoms with Gasteiger partial charge >= 0.3 is 12.0 Å². The molecule has 10 heteroatoms. The summed E-state index contributed by atoms with van der Waals surface area (Å²) >= 11 is 0. The minimum Gasteiger partial charge on any atom is -0.483 e. The second-order valence-corrected chi connectivity index (χ2v) is 15.2. The lowest BCUT2D eigenvalue weighted by atomic mass is 9.89. The molecule has 1 saturated heterocycles. The van der Waals surface area contributed by atoms with Gasteiger partial charge in [0.2, 0.25) is 5.91 Å². The van der Waals surface area contributed by atoms with E-state index >= 15 is 0 Å². The normalized spacial score (nSPS) is 15.5. The molecule has 1 fully saturated rings. The van der Waals surface area contributed by atoms with Gasteiger partial charge in [0.25, 0.3) is 5.91 Å². The molecule has 0 bridgehead atoms. The van der Waals surface area contributed by atoms with Crippen molar-refractivity contribution in [2.45, 2.75) is 105 Å². The summed E-state index contributed by atoms with van der Waals surface area (Å²) in [5, 5.41) is 9.29. The Labute approximate surface area is 315 Å². The van der Waals surface area contributed by atoms with Crippen molar-refractivity contribution in [3.8, 4) is 5.75 Å². The van der Waals surface area contributed by atoms with Crippen LogP contribution in [-0.4, -0.2) is 72.6 Å². The summed E-state index contributed by atoms with van der Waals surface area (Å²) in [6.07, 6.45) is 1.48. The highest BCUT2D eigenvalue weighted by Crippen LogP contribution is 2.26. The number of hydrogen-bond acceptors (Lipinski definition) is 6. The fourth-order valence-electron chi connectivity index (χ4n) is 6.67. The minimum absolute atomic E-state index is 0.155. The van der Waals surface area contributed by atoms with E-state index in [0.717, 1.165) is 28.7 Å². The quantitative estimate of drug-likeness (QED) is 0.132. The van der Waals surface area contributed by atoms with E-state index in [9.17, 15) is 19.2 Å². The highest BCUT2D eigenvalue weighted by Gasteiger charge is 2.38. The molecule has 286 valence electrons. The van der Waals surface area contributed by atoms with E-state index in [4.69, 9.17) is 9.47 Å². The smallest absolute Gasteiger partial charge is 0.318 e. The van der Waals surface area contributed by atoms with Gasteiger partial charge in [-0.25, -0.2) is 4.79 Å². The number of esters is 1. The molecule has 3 aromatic carbocycles. The molecule has 10 nitrogen and oxygen atoms in total. The van der Waals surface area contributed by atoms with Crippen molar-refractivity contribution in [2.24, 2.45) is 11.3 Å². The highest BCUT2D eigenvalue weighted by atomic mass is 16.5. The van der Waals surface area contributed by atoms with Crippen LogP contribution in [0.15, 0.2) is 78.9 Å². The average molecular weight is 727 g/mol. The van der Waals surface area contributed by atoms with Crippen LogP contribution >= 0.6 is 0 Å². The lowest BCUT2D eigenvalue weighted by Gasteiger charge is -2.38. The number of carbonyl (C=O) groups is 4. The topological polar surface area (TPSA) is 126 Å². The zero-order chi connectivity index (χ0) is 38.5. The fourth-order valence-corrected chi connectivity index (χ4v) is 6.67. The Morgan fingerprint density at radius 3 is 2.04 bits per heavy atom. The molecule has 0 radical (unpaired) electrons. The maximum atomic E-state index is 14.2. The number of nitrogens with one attached hydrogen (secondary N) is 3. The van der Waals surface area contributed by atoms with Crippen LogP contribution in [0.1, 0.15) is 76.1 Å². The van der Waals surface area contributed by atoms with Crippen LogP contribution in [0.5, 0.6) is 5.75 Å². The lowest BCUT2D eigenvalue weighted by Crippen LogP contribution is -2.59. The third-order valence-corrected chi connectivity index (χ3v) is 10.1. The maximum Gasteiger partial charge on any atom is 0.318 e. The molecule has 4 amide bonds. The molecule has 1 aliphatic rings. The van der Waals surface area contributed by atoms with Crippen molar-refractivity contribution in [3.05, 3.63) is 101 Å². The minimum atomic E-state index is -0.831. The van der Waals surface area contributed by atoms with Crippen molar-refractivity contribution < 1.29 is 28.7 Å². The van der Waals surface area contributed by atoms with E-state index in [1.807, 2.05) is 127 Å². The second kappa shape index (κ2) is 19.3. The molecular weight excluding hydrogens is 668 g/mol. The average Bonchev–Trinajstić information content (AvgIpc) is 3.12. The van der Waals surface area contributed by atoms with Gasteiger partial charge in [-0.2, -0.15) is 0 Å². The zero-order valence-electron chi connectivity index (χ0n) is 32.4. The number of carbonyl (C=O) groups excluding carboxylic acids is 4. The molecule has 3 aromatic rings. The second-order valence-electron chi connectivity index (χ2n) is 15.2. The largest absolute Gasteiger partial charge is 0.483 e. The Morgan fingerprint density at radius 1 is 0.868 bits per heavy atom. The van der Waals surface area contributed by atoms with Gasteiger partial charge in [0.05, 0.1) is 11.5 Å². The Kier molecular flexibility index (Phi) is 14.9. The van der Waals surface area contributed by atoms with Crippen LogP contribution in [-0.2, 0) is 32.0 Å². The van der Waals surface area contributed by atoms with Gasteiger partial charge in [0.15, 0.2) is 6.61 Å². The molecule has 0 aliphatic carbocycles. The van der Waals surface area contributed by atoms with Crippen LogP contribution in [0.25, 0.3) is 0 Å². The zero-order valence-corrected chi connectivity index (χ0v) is 32.4. The van der Waals surface area contributed by atoms with Crippen LogP contribution in [0.4, 0.5) is 4.79 Å². The first-order valence-corrected chi connectivity index (χ1v) is 18.9. The number of para-hydroxylation sites is 1. The lowest BCUT2D eigenvalue weighted by molar-refractivity contribution is -0.162. The van der Waals surface area contributed by atoms with Crippen LogP contribution in [0, 0.1) is 25.2 Å². The van der Waals surface area contributed by atoms with Crippen LogP contribution < -0.4 is 20.7 Å². The molecular formula is C43H58N4O6. The van der Waals surface area contributed by atoms with Gasteiger partial charge in [-0.05, 0) is 81.5 Å². The molecule has 0 spiro atoms. The van der Waals surface area contributed by atoms with E-state index in [-0.39, 0.29) is 42.8 Å². The first kappa shape index (κ1) is 40.9. The van der Waals surface area contributed by atoms with Gasteiger partial charge in [-0.15, -0.1) is 0 Å². The molecule has 3 N–H and O–H groups in total. The summed E-state index contributed by atoms with van der Waals surface area (Å²) in [4.78, 5) is 56.3. The summed E-state index contributed by atoms with van der Waals surface area (Å²) in [5.74, 6) is -0.523. The van der Waals surface area contributed by atoms with Crippen molar-refractivity contribution in [1.82, 2.24) is 20.9 Å². The highest BCUT2D eigenvalue weighted by molar-refractivity contribution is 5.88. The van der Waals surface area contributed by atoms with E-state index < -0.39 is 29.6 Å². The molecule has 0 unspecified atom stereocenters. The van der Waals surface area contributed by atoms with Crippen molar-refractivity contribution in [2.75, 3.05) is 19.7 Å². The summed E-state index contributed by atoms with van der Waals surface area (Å²) in [7, 11) is 0. The van der Waals surface area contributed by atoms with Gasteiger partial charge in [0.1, 0.15) is 17.9 Å². The summed E-state index contributed by atoms with van der Waals surface area (Å²) in [6, 6.07) is 23.2. The number of amides is 4. The van der Waals surface area contributed by atoms with E-state index in [2.05, 4.69) is 16.0 Å². The van der Waals surface area contributed by atoms with Crippen LogP contribution in [0.3, 0.4) is 0 Å². The molecule has 0 saturated carbocycles. The molecule has 1 aliphatic heterocycles. The standard InChI is InChI=1S/C43H58N4O6/c1-8-43(6,7)41(50)53-36(35(26-33-21-13-10-14-22-33)46-37(48)28-52-39-30(4)17-15-18-31(39)5)27-34(25-32-19-11-9-12-20-32)45-40(49)38(29(2)3)47-24-16-23-44-42(47)51/h9-15,17-22,29,34-36,38H,8,16,23-28H2,1-7H3,(H,44,51)(H,45,49)(H,46,48)/t34-,35-,36-,38-/m0/s1. The predicted molar refractivity (Wildman–Crippen MR) is 207 cm³/mol. The molecule has 4 rings (SSSR count). The number of nitrogens with zero attached hydrogens (tertiary/aromatic N) is 1.